The van der Waals surface area contributed by atoms with Crippen molar-refractivity contribution in [1.29, 1.82) is 0 Å². The average molecular weight is 338 g/mol. The van der Waals surface area contributed by atoms with Crippen molar-refractivity contribution >= 4 is 17.9 Å². The normalized spacial score (nSPS) is 25.5. The van der Waals surface area contributed by atoms with Gasteiger partial charge in [-0.3, -0.25) is 9.10 Å². The van der Waals surface area contributed by atoms with Gasteiger partial charge < -0.3 is 15.6 Å². The molecule has 2 unspecified atom stereocenters. The van der Waals surface area contributed by atoms with Crippen LogP contribution in [0.1, 0.15) is 54.8 Å². The zero-order valence-electron chi connectivity index (χ0n) is 13.7. The third-order valence-electron chi connectivity index (χ3n) is 4.55. The van der Waals surface area contributed by atoms with Gasteiger partial charge in [-0.05, 0) is 38.1 Å². The smallest absolute Gasteiger partial charge is 0.273 e. The van der Waals surface area contributed by atoms with Crippen LogP contribution in [0.15, 0.2) is 10.6 Å². The molecule has 1 saturated carbocycles. The highest BCUT2D eigenvalue weighted by atomic mass is 32.2. The second-order valence-corrected chi connectivity index (χ2v) is 7.78. The van der Waals surface area contributed by atoms with Crippen LogP contribution in [0.2, 0.25) is 0 Å². The second kappa shape index (κ2) is 7.68. The Morgan fingerprint density at radius 1 is 1.52 bits per heavy atom. The van der Waals surface area contributed by atoms with Crippen molar-refractivity contribution in [1.82, 2.24) is 14.8 Å². The van der Waals surface area contributed by atoms with Gasteiger partial charge in [0.2, 0.25) is 0 Å². The summed E-state index contributed by atoms with van der Waals surface area (Å²) in [7, 11) is 0. The highest BCUT2D eigenvalue weighted by Gasteiger charge is 2.31. The van der Waals surface area contributed by atoms with E-state index in [4.69, 9.17) is 10.3 Å². The first-order valence-electron chi connectivity index (χ1n) is 8.52. The SMILES string of the molecule is CC1CN(SCCCN)CCC1NC(=O)c1cc(C2CC2)on1. The zero-order valence-corrected chi connectivity index (χ0v) is 14.5. The molecule has 2 fully saturated rings. The lowest BCUT2D eigenvalue weighted by molar-refractivity contribution is 0.0893. The van der Waals surface area contributed by atoms with Gasteiger partial charge in [-0.15, -0.1) is 0 Å². The lowest BCUT2D eigenvalue weighted by Gasteiger charge is -2.36. The number of nitrogens with two attached hydrogens (primary N) is 1. The Morgan fingerprint density at radius 3 is 3.04 bits per heavy atom. The van der Waals surface area contributed by atoms with E-state index in [1.165, 1.54) is 0 Å². The molecule has 2 heterocycles. The number of nitrogens with zero attached hydrogens (tertiary/aromatic N) is 2. The predicted octanol–water partition coefficient (Wildman–Crippen LogP) is 1.99. The summed E-state index contributed by atoms with van der Waals surface area (Å²) in [5.41, 5.74) is 5.95. The minimum atomic E-state index is -0.110. The summed E-state index contributed by atoms with van der Waals surface area (Å²) in [6.45, 7) is 4.93. The number of rotatable bonds is 7. The van der Waals surface area contributed by atoms with Gasteiger partial charge in [0.1, 0.15) is 5.76 Å². The number of aromatic nitrogens is 1. The molecular weight excluding hydrogens is 312 g/mol. The summed E-state index contributed by atoms with van der Waals surface area (Å²) in [5, 5.41) is 7.05. The molecule has 0 spiro atoms. The minimum absolute atomic E-state index is 0.110. The van der Waals surface area contributed by atoms with E-state index in [1.54, 1.807) is 6.07 Å². The molecule has 1 saturated heterocycles. The highest BCUT2D eigenvalue weighted by Crippen LogP contribution is 2.40. The quantitative estimate of drug-likeness (QED) is 0.584. The van der Waals surface area contributed by atoms with Crippen LogP contribution in [0.25, 0.3) is 0 Å². The lowest BCUT2D eigenvalue weighted by Crippen LogP contribution is -2.48. The van der Waals surface area contributed by atoms with E-state index < -0.39 is 0 Å². The van der Waals surface area contributed by atoms with Crippen LogP contribution in [0.4, 0.5) is 0 Å². The Balaban J connectivity index is 1.47. The average Bonchev–Trinajstić information content (AvgIpc) is 3.27. The van der Waals surface area contributed by atoms with E-state index in [1.807, 2.05) is 11.9 Å². The number of amides is 1. The van der Waals surface area contributed by atoms with Crippen molar-refractivity contribution in [2.75, 3.05) is 25.4 Å². The summed E-state index contributed by atoms with van der Waals surface area (Å²) in [6, 6.07) is 2.00. The number of carbonyl (C=O) groups is 1. The van der Waals surface area contributed by atoms with Crippen molar-refractivity contribution in [2.45, 2.75) is 44.6 Å². The highest BCUT2D eigenvalue weighted by molar-refractivity contribution is 7.97. The molecule has 0 radical (unpaired) electrons. The van der Waals surface area contributed by atoms with Gasteiger partial charge in [-0.2, -0.15) is 0 Å². The minimum Gasteiger partial charge on any atom is -0.360 e. The van der Waals surface area contributed by atoms with Gasteiger partial charge in [0.15, 0.2) is 5.69 Å². The molecular formula is C16H26N4O2S. The lowest BCUT2D eigenvalue weighted by atomic mass is 9.95. The second-order valence-electron chi connectivity index (χ2n) is 6.60. The van der Waals surface area contributed by atoms with Crippen molar-refractivity contribution in [3.63, 3.8) is 0 Å². The van der Waals surface area contributed by atoms with E-state index in [9.17, 15) is 4.79 Å². The van der Waals surface area contributed by atoms with Gasteiger partial charge >= 0.3 is 0 Å². The van der Waals surface area contributed by atoms with Gasteiger partial charge in [-0.1, -0.05) is 24.0 Å². The van der Waals surface area contributed by atoms with Crippen molar-refractivity contribution in [3.8, 4) is 0 Å². The Morgan fingerprint density at radius 2 is 2.35 bits per heavy atom. The molecule has 1 aromatic rings. The van der Waals surface area contributed by atoms with E-state index >= 15 is 0 Å². The van der Waals surface area contributed by atoms with Crippen LogP contribution in [-0.2, 0) is 0 Å². The molecule has 3 rings (SSSR count). The Hall–Kier alpha value is -1.05. The molecule has 1 aromatic heterocycles. The van der Waals surface area contributed by atoms with Crippen molar-refractivity contribution in [2.24, 2.45) is 11.7 Å². The van der Waals surface area contributed by atoms with Crippen LogP contribution in [0.5, 0.6) is 0 Å². The maximum absolute atomic E-state index is 12.3. The number of nitrogens with one attached hydrogen (secondary N) is 1. The molecule has 128 valence electrons. The topological polar surface area (TPSA) is 84.4 Å². The first kappa shape index (κ1) is 16.8. The number of hydrogen-bond acceptors (Lipinski definition) is 6. The molecule has 6 nitrogen and oxygen atoms in total. The molecule has 3 N–H and O–H groups in total. The van der Waals surface area contributed by atoms with Crippen molar-refractivity contribution in [3.05, 3.63) is 17.5 Å². The van der Waals surface area contributed by atoms with Gasteiger partial charge in [0, 0.05) is 36.9 Å². The fraction of sp³-hybridized carbons (Fsp3) is 0.750. The molecule has 0 bridgehead atoms. The predicted molar refractivity (Wildman–Crippen MR) is 91.2 cm³/mol. The summed E-state index contributed by atoms with van der Waals surface area (Å²) in [5.74, 6) is 2.73. The maximum Gasteiger partial charge on any atom is 0.273 e. The van der Waals surface area contributed by atoms with Crippen LogP contribution in [0, 0.1) is 5.92 Å². The molecule has 1 aliphatic carbocycles. The third kappa shape index (κ3) is 4.49. The van der Waals surface area contributed by atoms with Crippen LogP contribution < -0.4 is 11.1 Å². The van der Waals surface area contributed by atoms with Crippen LogP contribution >= 0.6 is 11.9 Å². The summed E-state index contributed by atoms with van der Waals surface area (Å²) in [4.78, 5) is 12.3. The largest absolute Gasteiger partial charge is 0.360 e. The summed E-state index contributed by atoms with van der Waals surface area (Å²) in [6.07, 6.45) is 4.31. The van der Waals surface area contributed by atoms with Crippen molar-refractivity contribution < 1.29 is 9.32 Å². The van der Waals surface area contributed by atoms with Gasteiger partial charge in [0.05, 0.1) is 0 Å². The van der Waals surface area contributed by atoms with E-state index in [0.29, 0.717) is 17.5 Å². The van der Waals surface area contributed by atoms with Gasteiger partial charge in [0.25, 0.3) is 5.91 Å². The molecule has 0 aromatic carbocycles. The molecule has 1 aliphatic heterocycles. The number of hydrogen-bond donors (Lipinski definition) is 2. The maximum atomic E-state index is 12.3. The molecule has 23 heavy (non-hydrogen) atoms. The zero-order chi connectivity index (χ0) is 16.2. The van der Waals surface area contributed by atoms with Crippen LogP contribution in [0.3, 0.4) is 0 Å². The molecule has 2 atom stereocenters. The number of carbonyl (C=O) groups excluding carboxylic acids is 1. The van der Waals surface area contributed by atoms with Gasteiger partial charge in [-0.25, -0.2) is 0 Å². The number of piperidine rings is 1. The van der Waals surface area contributed by atoms with E-state index in [2.05, 4.69) is 21.7 Å². The molecule has 7 heteroatoms. The molecule has 2 aliphatic rings. The Bertz CT molecular complexity index is 532. The fourth-order valence-electron chi connectivity index (χ4n) is 2.91. The first-order chi connectivity index (χ1) is 11.2. The third-order valence-corrected chi connectivity index (χ3v) is 5.72. The van der Waals surface area contributed by atoms with Crippen LogP contribution in [-0.4, -0.2) is 46.8 Å². The Labute approximate surface area is 141 Å². The Kier molecular flexibility index (Phi) is 5.61. The monoisotopic (exact) mass is 338 g/mol. The standard InChI is InChI=1S/C16H26N4O2S/c1-11-10-20(23-8-2-6-17)7-5-13(11)18-16(21)14-9-15(22-19-14)12-3-4-12/h9,11-13H,2-8,10,17H2,1H3,(H,18,21). The summed E-state index contributed by atoms with van der Waals surface area (Å²) >= 11 is 1.87. The molecule has 1 amide bonds. The first-order valence-corrected chi connectivity index (χ1v) is 9.47. The van der Waals surface area contributed by atoms with E-state index in [0.717, 1.165) is 56.8 Å². The summed E-state index contributed by atoms with van der Waals surface area (Å²) < 4.78 is 7.66. The fourth-order valence-corrected chi connectivity index (χ4v) is 4.04. The van der Waals surface area contributed by atoms with E-state index in [-0.39, 0.29) is 11.9 Å².